The Morgan fingerprint density at radius 3 is 2.46 bits per heavy atom. The molecule has 3 rings (SSSR count). The summed E-state index contributed by atoms with van der Waals surface area (Å²) >= 11 is 7.13. The van der Waals surface area contributed by atoms with Crippen LogP contribution in [-0.4, -0.2) is 35.4 Å². The Morgan fingerprint density at radius 1 is 1.11 bits per heavy atom. The fraction of sp³-hybridized carbons (Fsp3) is 0.190. The van der Waals surface area contributed by atoms with Crippen LogP contribution < -0.4 is 0 Å². The number of likely N-dealkylation sites (N-methyl/N-ethyl adjacent to an activating group) is 1. The Morgan fingerprint density at radius 2 is 1.79 bits per heavy atom. The SMILES string of the molecule is Cc1nc(-c2ccccc2)c(C(=O)OCC(=O)N(C)Cc2ccc(Cl)cc2)s1. The van der Waals surface area contributed by atoms with Crippen molar-refractivity contribution >= 4 is 34.8 Å². The normalized spacial score (nSPS) is 10.5. The van der Waals surface area contributed by atoms with Crippen LogP contribution >= 0.6 is 22.9 Å². The lowest BCUT2D eigenvalue weighted by molar-refractivity contribution is -0.133. The van der Waals surface area contributed by atoms with Gasteiger partial charge in [0.1, 0.15) is 4.88 Å². The lowest BCUT2D eigenvalue weighted by Crippen LogP contribution is -2.30. The molecule has 0 saturated heterocycles. The second-order valence-electron chi connectivity index (χ2n) is 6.23. The molecule has 0 N–H and O–H groups in total. The van der Waals surface area contributed by atoms with Crippen LogP contribution in [-0.2, 0) is 16.1 Å². The van der Waals surface area contributed by atoms with E-state index in [4.69, 9.17) is 16.3 Å². The molecular weight excluding hydrogens is 396 g/mol. The van der Waals surface area contributed by atoms with Crippen LogP contribution in [0.15, 0.2) is 54.6 Å². The summed E-state index contributed by atoms with van der Waals surface area (Å²) in [6, 6.07) is 16.7. The molecule has 0 saturated carbocycles. The number of ether oxygens (including phenoxy) is 1. The molecule has 2 aromatic carbocycles. The lowest BCUT2D eigenvalue weighted by Gasteiger charge is -2.17. The van der Waals surface area contributed by atoms with E-state index < -0.39 is 5.97 Å². The van der Waals surface area contributed by atoms with Gasteiger partial charge in [0.2, 0.25) is 0 Å². The van der Waals surface area contributed by atoms with E-state index in [2.05, 4.69) is 4.98 Å². The average Bonchev–Trinajstić information content (AvgIpc) is 3.10. The first-order chi connectivity index (χ1) is 13.4. The summed E-state index contributed by atoms with van der Waals surface area (Å²) in [7, 11) is 1.66. The Labute approximate surface area is 172 Å². The van der Waals surface area contributed by atoms with Gasteiger partial charge in [0.25, 0.3) is 5.91 Å². The maximum Gasteiger partial charge on any atom is 0.351 e. The largest absolute Gasteiger partial charge is 0.451 e. The van der Waals surface area contributed by atoms with Crippen molar-refractivity contribution in [3.63, 3.8) is 0 Å². The van der Waals surface area contributed by atoms with Gasteiger partial charge in [-0.15, -0.1) is 11.3 Å². The highest BCUT2D eigenvalue weighted by atomic mass is 35.5. The van der Waals surface area contributed by atoms with Crippen LogP contribution in [0.25, 0.3) is 11.3 Å². The number of halogens is 1. The second-order valence-corrected chi connectivity index (χ2v) is 7.87. The summed E-state index contributed by atoms with van der Waals surface area (Å²) in [5.74, 6) is -0.830. The van der Waals surface area contributed by atoms with Gasteiger partial charge in [0.15, 0.2) is 6.61 Å². The Bertz CT molecular complexity index is 971. The molecule has 0 aliphatic rings. The molecule has 3 aromatic rings. The molecular formula is C21H19ClN2O3S. The number of nitrogens with zero attached hydrogens (tertiary/aromatic N) is 2. The molecule has 28 heavy (non-hydrogen) atoms. The molecule has 0 aliphatic carbocycles. The molecule has 144 valence electrons. The van der Waals surface area contributed by atoms with Crippen molar-refractivity contribution in [1.82, 2.24) is 9.88 Å². The van der Waals surface area contributed by atoms with Gasteiger partial charge in [0.05, 0.1) is 10.7 Å². The number of aryl methyl sites for hydroxylation is 1. The van der Waals surface area contributed by atoms with Crippen molar-refractivity contribution in [2.24, 2.45) is 0 Å². The predicted molar refractivity (Wildman–Crippen MR) is 110 cm³/mol. The first kappa shape index (κ1) is 20.0. The number of hydrogen-bond donors (Lipinski definition) is 0. The standard InChI is InChI=1S/C21H19ClN2O3S/c1-14-23-19(16-6-4-3-5-7-16)20(28-14)21(26)27-13-18(25)24(2)12-15-8-10-17(22)11-9-15/h3-11H,12-13H2,1-2H3. The molecule has 1 aromatic heterocycles. The van der Waals surface area contributed by atoms with Gasteiger partial charge in [-0.1, -0.05) is 54.1 Å². The van der Waals surface area contributed by atoms with E-state index >= 15 is 0 Å². The van der Waals surface area contributed by atoms with Crippen LogP contribution in [0.1, 0.15) is 20.2 Å². The zero-order chi connectivity index (χ0) is 20.1. The third-order valence-corrected chi connectivity index (χ3v) is 5.26. The number of benzene rings is 2. The van der Waals surface area contributed by atoms with E-state index in [1.54, 1.807) is 19.2 Å². The topological polar surface area (TPSA) is 59.5 Å². The van der Waals surface area contributed by atoms with Crippen LogP contribution in [0.4, 0.5) is 0 Å². The number of amides is 1. The quantitative estimate of drug-likeness (QED) is 0.553. The minimum atomic E-state index is -0.544. The number of esters is 1. The zero-order valence-electron chi connectivity index (χ0n) is 15.5. The molecule has 0 aliphatic heterocycles. The summed E-state index contributed by atoms with van der Waals surface area (Å²) < 4.78 is 5.26. The minimum absolute atomic E-state index is 0.286. The second kappa shape index (κ2) is 8.99. The van der Waals surface area contributed by atoms with Crippen LogP contribution in [0.2, 0.25) is 5.02 Å². The third-order valence-electron chi connectivity index (χ3n) is 4.05. The molecule has 0 spiro atoms. The number of thiazole rings is 1. The fourth-order valence-corrected chi connectivity index (χ4v) is 3.57. The Hall–Kier alpha value is -2.70. The Kier molecular flexibility index (Phi) is 6.44. The maximum atomic E-state index is 12.5. The van der Waals surface area contributed by atoms with Crippen molar-refractivity contribution in [3.8, 4) is 11.3 Å². The van der Waals surface area contributed by atoms with Gasteiger partial charge in [-0.05, 0) is 24.6 Å². The lowest BCUT2D eigenvalue weighted by atomic mass is 10.1. The molecule has 0 atom stereocenters. The highest BCUT2D eigenvalue weighted by Gasteiger charge is 2.21. The highest BCUT2D eigenvalue weighted by Crippen LogP contribution is 2.28. The summed E-state index contributed by atoms with van der Waals surface area (Å²) in [4.78, 5) is 31.2. The van der Waals surface area contributed by atoms with E-state index in [0.717, 1.165) is 16.1 Å². The van der Waals surface area contributed by atoms with E-state index in [1.807, 2.05) is 49.4 Å². The van der Waals surface area contributed by atoms with Gasteiger partial charge in [0, 0.05) is 24.2 Å². The van der Waals surface area contributed by atoms with E-state index in [1.165, 1.54) is 16.2 Å². The first-order valence-corrected chi connectivity index (χ1v) is 9.82. The van der Waals surface area contributed by atoms with Crippen molar-refractivity contribution in [2.45, 2.75) is 13.5 Å². The zero-order valence-corrected chi connectivity index (χ0v) is 17.1. The van der Waals surface area contributed by atoms with Gasteiger partial charge < -0.3 is 9.64 Å². The van der Waals surface area contributed by atoms with Gasteiger partial charge in [-0.2, -0.15) is 0 Å². The Balaban J connectivity index is 1.62. The molecule has 0 radical (unpaired) electrons. The summed E-state index contributed by atoms with van der Waals surface area (Å²) in [6.07, 6.45) is 0. The summed E-state index contributed by atoms with van der Waals surface area (Å²) in [6.45, 7) is 1.91. The van der Waals surface area contributed by atoms with Crippen molar-refractivity contribution in [3.05, 3.63) is 75.1 Å². The van der Waals surface area contributed by atoms with Crippen LogP contribution in [0.3, 0.4) is 0 Å². The van der Waals surface area contributed by atoms with Crippen molar-refractivity contribution in [1.29, 1.82) is 0 Å². The number of aromatic nitrogens is 1. The smallest absolute Gasteiger partial charge is 0.351 e. The highest BCUT2D eigenvalue weighted by molar-refractivity contribution is 7.14. The summed E-state index contributed by atoms with van der Waals surface area (Å²) in [5.41, 5.74) is 2.36. The molecule has 0 fully saturated rings. The van der Waals surface area contributed by atoms with Crippen LogP contribution in [0, 0.1) is 6.92 Å². The summed E-state index contributed by atoms with van der Waals surface area (Å²) in [5, 5.41) is 1.40. The number of rotatable bonds is 6. The first-order valence-electron chi connectivity index (χ1n) is 8.62. The third kappa shape index (κ3) is 4.97. The number of carbonyl (C=O) groups excluding carboxylic acids is 2. The van der Waals surface area contributed by atoms with Crippen LogP contribution in [0.5, 0.6) is 0 Å². The predicted octanol–water partition coefficient (Wildman–Crippen LogP) is 4.59. The molecule has 5 nitrogen and oxygen atoms in total. The van der Waals surface area contributed by atoms with Gasteiger partial charge in [-0.3, -0.25) is 4.79 Å². The van der Waals surface area contributed by atoms with E-state index in [-0.39, 0.29) is 12.5 Å². The van der Waals surface area contributed by atoms with E-state index in [9.17, 15) is 9.59 Å². The molecule has 1 amide bonds. The molecule has 0 bridgehead atoms. The fourth-order valence-electron chi connectivity index (χ4n) is 2.61. The van der Waals surface area contributed by atoms with Crippen molar-refractivity contribution < 1.29 is 14.3 Å². The number of hydrogen-bond acceptors (Lipinski definition) is 5. The van der Waals surface area contributed by atoms with Gasteiger partial charge >= 0.3 is 5.97 Å². The maximum absolute atomic E-state index is 12.5. The molecule has 7 heteroatoms. The molecule has 0 unspecified atom stereocenters. The number of carbonyl (C=O) groups is 2. The molecule has 1 heterocycles. The van der Waals surface area contributed by atoms with Gasteiger partial charge in [-0.25, -0.2) is 9.78 Å². The minimum Gasteiger partial charge on any atom is -0.451 e. The van der Waals surface area contributed by atoms with E-state index in [0.29, 0.717) is 22.1 Å². The monoisotopic (exact) mass is 414 g/mol. The van der Waals surface area contributed by atoms with Crippen molar-refractivity contribution in [2.75, 3.05) is 13.7 Å². The average molecular weight is 415 g/mol.